The quantitative estimate of drug-likeness (QED) is 0.860. The van der Waals surface area contributed by atoms with Gasteiger partial charge in [0.25, 0.3) is 0 Å². The molecule has 1 aromatic carbocycles. The highest BCUT2D eigenvalue weighted by atomic mass is 16.3. The van der Waals surface area contributed by atoms with Crippen molar-refractivity contribution in [1.29, 1.82) is 5.26 Å². The third-order valence-electron chi connectivity index (χ3n) is 3.72. The van der Waals surface area contributed by atoms with E-state index in [1.165, 1.54) is 0 Å². The predicted molar refractivity (Wildman–Crippen MR) is 67.9 cm³/mol. The first-order valence-electron chi connectivity index (χ1n) is 5.94. The molecule has 0 aliphatic carbocycles. The topological polar surface area (TPSA) is 64.3 Å². The Balaban J connectivity index is 2.37. The summed E-state index contributed by atoms with van der Waals surface area (Å²) >= 11 is 0. The highest BCUT2D eigenvalue weighted by Gasteiger charge is 2.46. The summed E-state index contributed by atoms with van der Waals surface area (Å²) in [4.78, 5) is 13.8. The summed E-state index contributed by atoms with van der Waals surface area (Å²) in [6.45, 7) is 3.92. The van der Waals surface area contributed by atoms with Crippen molar-refractivity contribution in [3.05, 3.63) is 29.8 Å². The first-order chi connectivity index (χ1) is 8.50. The molecule has 18 heavy (non-hydrogen) atoms. The maximum absolute atomic E-state index is 12.1. The first kappa shape index (κ1) is 12.6. The van der Waals surface area contributed by atoms with Crippen molar-refractivity contribution in [3.8, 4) is 6.07 Å². The molecule has 0 radical (unpaired) electrons. The molecule has 1 amide bonds. The van der Waals surface area contributed by atoms with E-state index in [9.17, 15) is 9.90 Å². The van der Waals surface area contributed by atoms with E-state index in [1.807, 2.05) is 13.8 Å². The average molecular weight is 244 g/mol. The molecule has 0 aromatic heterocycles. The number of nitrogens with zero attached hydrogens (tertiary/aromatic N) is 2. The Morgan fingerprint density at radius 1 is 1.44 bits per heavy atom. The number of nitriles is 1. The van der Waals surface area contributed by atoms with E-state index in [0.29, 0.717) is 12.0 Å². The normalized spacial score (nSPS) is 22.0. The van der Waals surface area contributed by atoms with Crippen LogP contribution in [-0.2, 0) is 4.79 Å². The molecule has 0 spiro atoms. The van der Waals surface area contributed by atoms with Crippen LogP contribution in [-0.4, -0.2) is 23.2 Å². The number of aliphatic hydroxyl groups excluding tert-OH is 1. The summed E-state index contributed by atoms with van der Waals surface area (Å²) in [5, 5.41) is 18.1. The van der Waals surface area contributed by atoms with Crippen LogP contribution in [0, 0.1) is 17.2 Å². The second-order valence-electron chi connectivity index (χ2n) is 5.13. The second-order valence-corrected chi connectivity index (χ2v) is 5.13. The number of carbonyl (C=O) groups excluding carboxylic acids is 1. The van der Waals surface area contributed by atoms with Crippen molar-refractivity contribution < 1.29 is 9.90 Å². The molecule has 1 aliphatic rings. The first-order valence-corrected chi connectivity index (χ1v) is 5.94. The van der Waals surface area contributed by atoms with Crippen LogP contribution in [0.3, 0.4) is 0 Å². The summed E-state index contributed by atoms with van der Waals surface area (Å²) < 4.78 is 0. The van der Waals surface area contributed by atoms with E-state index >= 15 is 0 Å². The molecule has 0 saturated carbocycles. The van der Waals surface area contributed by atoms with E-state index in [4.69, 9.17) is 5.26 Å². The van der Waals surface area contributed by atoms with Crippen molar-refractivity contribution >= 4 is 11.6 Å². The Morgan fingerprint density at radius 2 is 2.06 bits per heavy atom. The summed E-state index contributed by atoms with van der Waals surface area (Å²) in [6, 6.07) is 9.00. The highest BCUT2D eigenvalue weighted by molar-refractivity contribution is 5.97. The number of carbonyl (C=O) groups is 1. The molecule has 1 fully saturated rings. The van der Waals surface area contributed by atoms with Crippen LogP contribution >= 0.6 is 0 Å². The Kier molecular flexibility index (Phi) is 3.10. The van der Waals surface area contributed by atoms with Crippen LogP contribution < -0.4 is 4.90 Å². The number of amides is 1. The summed E-state index contributed by atoms with van der Waals surface area (Å²) in [6.07, 6.45) is 0.365. The number of anilines is 1. The van der Waals surface area contributed by atoms with Crippen LogP contribution in [0.2, 0.25) is 0 Å². The van der Waals surface area contributed by atoms with Gasteiger partial charge in [0.15, 0.2) is 0 Å². The number of benzene rings is 1. The molecule has 1 atom stereocenters. The third-order valence-corrected chi connectivity index (χ3v) is 3.72. The van der Waals surface area contributed by atoms with Gasteiger partial charge in [0.05, 0.1) is 11.6 Å². The monoisotopic (exact) mass is 244 g/mol. The van der Waals surface area contributed by atoms with Gasteiger partial charge in [-0.3, -0.25) is 4.79 Å². The van der Waals surface area contributed by atoms with E-state index < -0.39 is 5.54 Å². The Labute approximate surface area is 106 Å². The zero-order chi connectivity index (χ0) is 13.3. The molecule has 94 valence electrons. The van der Waals surface area contributed by atoms with Crippen LogP contribution in [0.4, 0.5) is 5.69 Å². The minimum atomic E-state index is -0.403. The largest absolute Gasteiger partial charge is 0.396 e. The van der Waals surface area contributed by atoms with E-state index in [0.717, 1.165) is 5.69 Å². The van der Waals surface area contributed by atoms with E-state index in [2.05, 4.69) is 6.07 Å². The number of hydrogen-bond donors (Lipinski definition) is 1. The number of hydrogen-bond acceptors (Lipinski definition) is 3. The molecule has 4 heteroatoms. The van der Waals surface area contributed by atoms with Crippen LogP contribution in [0.1, 0.15) is 25.8 Å². The molecule has 1 aliphatic heterocycles. The van der Waals surface area contributed by atoms with Gasteiger partial charge < -0.3 is 10.0 Å². The van der Waals surface area contributed by atoms with Gasteiger partial charge in [-0.1, -0.05) is 0 Å². The molecule has 1 heterocycles. The van der Waals surface area contributed by atoms with Gasteiger partial charge in [-0.05, 0) is 38.1 Å². The van der Waals surface area contributed by atoms with E-state index in [-0.39, 0.29) is 18.4 Å². The molecular weight excluding hydrogens is 228 g/mol. The fourth-order valence-corrected chi connectivity index (χ4v) is 2.51. The fourth-order valence-electron chi connectivity index (χ4n) is 2.51. The van der Waals surface area contributed by atoms with Gasteiger partial charge in [-0.15, -0.1) is 0 Å². The van der Waals surface area contributed by atoms with Crippen LogP contribution in [0.5, 0.6) is 0 Å². The second kappa shape index (κ2) is 4.43. The smallest absolute Gasteiger partial charge is 0.227 e. The maximum Gasteiger partial charge on any atom is 0.227 e. The minimum Gasteiger partial charge on any atom is -0.396 e. The molecule has 2 rings (SSSR count). The summed E-state index contributed by atoms with van der Waals surface area (Å²) in [5.41, 5.74) is 0.946. The lowest BCUT2D eigenvalue weighted by Crippen LogP contribution is -2.45. The zero-order valence-electron chi connectivity index (χ0n) is 10.6. The SMILES string of the molecule is CC1(C)C(CO)CC(=O)N1c1ccc(C#N)cc1. The Morgan fingerprint density at radius 3 is 2.50 bits per heavy atom. The lowest BCUT2D eigenvalue weighted by molar-refractivity contribution is -0.117. The molecule has 0 bridgehead atoms. The fraction of sp³-hybridized carbons (Fsp3) is 0.429. The molecule has 4 nitrogen and oxygen atoms in total. The van der Waals surface area contributed by atoms with Gasteiger partial charge in [0.2, 0.25) is 5.91 Å². The summed E-state index contributed by atoms with van der Waals surface area (Å²) in [5.74, 6) is -0.0376. The van der Waals surface area contributed by atoms with Crippen molar-refractivity contribution in [1.82, 2.24) is 0 Å². The lowest BCUT2D eigenvalue weighted by atomic mass is 9.89. The summed E-state index contributed by atoms with van der Waals surface area (Å²) in [7, 11) is 0. The average Bonchev–Trinajstić information content (AvgIpc) is 2.59. The van der Waals surface area contributed by atoms with Crippen molar-refractivity contribution in [2.75, 3.05) is 11.5 Å². The van der Waals surface area contributed by atoms with Gasteiger partial charge in [0, 0.05) is 30.2 Å². The standard InChI is InChI=1S/C14H16N2O2/c1-14(2)11(9-17)7-13(18)16(14)12-5-3-10(8-15)4-6-12/h3-6,11,17H,7,9H2,1-2H3. The van der Waals surface area contributed by atoms with Crippen molar-refractivity contribution in [2.24, 2.45) is 5.92 Å². The molecule has 1 aromatic rings. The molecular formula is C14H16N2O2. The maximum atomic E-state index is 12.1. The minimum absolute atomic E-state index is 0.00548. The van der Waals surface area contributed by atoms with Gasteiger partial charge in [-0.25, -0.2) is 0 Å². The lowest BCUT2D eigenvalue weighted by Gasteiger charge is -2.35. The van der Waals surface area contributed by atoms with Gasteiger partial charge >= 0.3 is 0 Å². The molecule has 1 N–H and O–H groups in total. The Hall–Kier alpha value is -1.86. The highest BCUT2D eigenvalue weighted by Crippen LogP contribution is 2.38. The van der Waals surface area contributed by atoms with Crippen molar-refractivity contribution in [3.63, 3.8) is 0 Å². The van der Waals surface area contributed by atoms with E-state index in [1.54, 1.807) is 29.2 Å². The van der Waals surface area contributed by atoms with Crippen LogP contribution in [0.15, 0.2) is 24.3 Å². The Bertz CT molecular complexity index is 500. The van der Waals surface area contributed by atoms with Gasteiger partial charge in [-0.2, -0.15) is 5.26 Å². The van der Waals surface area contributed by atoms with Gasteiger partial charge in [0.1, 0.15) is 0 Å². The number of aliphatic hydroxyl groups is 1. The zero-order valence-corrected chi connectivity index (χ0v) is 10.6. The van der Waals surface area contributed by atoms with Crippen molar-refractivity contribution in [2.45, 2.75) is 25.8 Å². The number of rotatable bonds is 2. The molecule has 1 unspecified atom stereocenters. The third kappa shape index (κ3) is 1.87. The van der Waals surface area contributed by atoms with Crippen LogP contribution in [0.25, 0.3) is 0 Å². The molecule has 1 saturated heterocycles. The predicted octanol–water partition coefficient (Wildman–Crippen LogP) is 1.68.